The largest absolute Gasteiger partial charge is 0.372 e. The van der Waals surface area contributed by atoms with Crippen LogP contribution in [-0.2, 0) is 0 Å². The highest BCUT2D eigenvalue weighted by Crippen LogP contribution is 2.22. The molecular weight excluding hydrogens is 310 g/mol. The first kappa shape index (κ1) is 17.3. The SMILES string of the molecule is CCN(CC)c1ccc(-n2nc3ccc(N(CC)CC)cc3n2)cc1. The summed E-state index contributed by atoms with van der Waals surface area (Å²) in [7, 11) is 0. The van der Waals surface area contributed by atoms with Crippen LogP contribution < -0.4 is 9.80 Å². The Labute approximate surface area is 149 Å². The molecule has 3 aromatic rings. The van der Waals surface area contributed by atoms with Crippen molar-refractivity contribution in [2.45, 2.75) is 27.7 Å². The number of hydrogen-bond donors (Lipinski definition) is 0. The maximum Gasteiger partial charge on any atom is 0.115 e. The minimum atomic E-state index is 0.920. The summed E-state index contributed by atoms with van der Waals surface area (Å²) < 4.78 is 0. The molecule has 5 nitrogen and oxygen atoms in total. The molecule has 0 unspecified atom stereocenters. The number of anilines is 2. The van der Waals surface area contributed by atoms with Crippen LogP contribution in [-0.4, -0.2) is 41.2 Å². The summed E-state index contributed by atoms with van der Waals surface area (Å²) >= 11 is 0. The monoisotopic (exact) mass is 337 g/mol. The van der Waals surface area contributed by atoms with E-state index in [1.54, 1.807) is 4.80 Å². The normalized spacial score (nSPS) is 11.0. The number of hydrogen-bond acceptors (Lipinski definition) is 4. The van der Waals surface area contributed by atoms with Crippen molar-refractivity contribution in [1.29, 1.82) is 0 Å². The van der Waals surface area contributed by atoms with Gasteiger partial charge in [-0.2, -0.15) is 4.80 Å². The van der Waals surface area contributed by atoms with Gasteiger partial charge in [0, 0.05) is 37.6 Å². The second kappa shape index (κ2) is 7.55. The van der Waals surface area contributed by atoms with Crippen LogP contribution in [0.3, 0.4) is 0 Å². The molecule has 0 saturated heterocycles. The Balaban J connectivity index is 1.91. The van der Waals surface area contributed by atoms with E-state index in [0.29, 0.717) is 0 Å². The molecule has 0 bridgehead atoms. The molecule has 2 aromatic carbocycles. The average Bonchev–Trinajstić information content (AvgIpc) is 3.08. The maximum absolute atomic E-state index is 4.67. The van der Waals surface area contributed by atoms with Gasteiger partial charge in [-0.15, -0.1) is 10.2 Å². The molecule has 25 heavy (non-hydrogen) atoms. The molecule has 0 atom stereocenters. The molecule has 0 fully saturated rings. The van der Waals surface area contributed by atoms with Gasteiger partial charge in [-0.1, -0.05) is 0 Å². The lowest BCUT2D eigenvalue weighted by Crippen LogP contribution is -2.21. The number of fused-ring (bicyclic) bond motifs is 1. The molecule has 0 aliphatic heterocycles. The Morgan fingerprint density at radius 3 is 1.80 bits per heavy atom. The first-order valence-corrected chi connectivity index (χ1v) is 9.17. The van der Waals surface area contributed by atoms with Gasteiger partial charge in [0.25, 0.3) is 0 Å². The van der Waals surface area contributed by atoms with E-state index >= 15 is 0 Å². The van der Waals surface area contributed by atoms with Crippen LogP contribution in [0.15, 0.2) is 42.5 Å². The van der Waals surface area contributed by atoms with Gasteiger partial charge in [-0.25, -0.2) is 0 Å². The van der Waals surface area contributed by atoms with Gasteiger partial charge >= 0.3 is 0 Å². The minimum Gasteiger partial charge on any atom is -0.372 e. The molecule has 0 aliphatic carbocycles. The summed E-state index contributed by atoms with van der Waals surface area (Å²) in [6, 6.07) is 14.7. The van der Waals surface area contributed by atoms with E-state index in [1.165, 1.54) is 11.4 Å². The van der Waals surface area contributed by atoms with E-state index in [2.05, 4.69) is 90.2 Å². The highest BCUT2D eigenvalue weighted by Gasteiger charge is 2.09. The fourth-order valence-electron chi connectivity index (χ4n) is 3.19. The van der Waals surface area contributed by atoms with Crippen LogP contribution in [0, 0.1) is 0 Å². The van der Waals surface area contributed by atoms with Crippen LogP contribution in [0.5, 0.6) is 0 Å². The van der Waals surface area contributed by atoms with Crippen molar-refractivity contribution in [3.8, 4) is 5.69 Å². The van der Waals surface area contributed by atoms with Crippen molar-refractivity contribution in [1.82, 2.24) is 15.0 Å². The van der Waals surface area contributed by atoms with Gasteiger partial charge in [-0.05, 0) is 70.2 Å². The number of aromatic nitrogens is 3. The Hall–Kier alpha value is -2.56. The Morgan fingerprint density at radius 1 is 0.680 bits per heavy atom. The van der Waals surface area contributed by atoms with Gasteiger partial charge in [0.1, 0.15) is 11.0 Å². The zero-order chi connectivity index (χ0) is 17.8. The standard InChI is InChI=1S/C20H27N5/c1-5-23(6-2)16-9-11-17(12-10-16)25-21-19-14-13-18(15-20(19)22-25)24(7-3)8-4/h9-15H,5-8H2,1-4H3. The van der Waals surface area contributed by atoms with E-state index in [1.807, 2.05) is 0 Å². The van der Waals surface area contributed by atoms with E-state index in [9.17, 15) is 0 Å². The summed E-state index contributed by atoms with van der Waals surface area (Å²) in [5, 5.41) is 9.30. The predicted molar refractivity (Wildman–Crippen MR) is 106 cm³/mol. The molecule has 0 radical (unpaired) electrons. The van der Waals surface area contributed by atoms with Crippen LogP contribution in [0.4, 0.5) is 11.4 Å². The summed E-state index contributed by atoms with van der Waals surface area (Å²) in [6.07, 6.45) is 0. The minimum absolute atomic E-state index is 0.920. The third-order valence-corrected chi connectivity index (χ3v) is 4.70. The van der Waals surface area contributed by atoms with Crippen LogP contribution in [0.25, 0.3) is 16.7 Å². The van der Waals surface area contributed by atoms with Crippen molar-refractivity contribution in [3.63, 3.8) is 0 Å². The van der Waals surface area contributed by atoms with E-state index in [0.717, 1.165) is 42.9 Å². The van der Waals surface area contributed by atoms with Crippen molar-refractivity contribution >= 4 is 22.4 Å². The molecule has 0 saturated carbocycles. The quantitative estimate of drug-likeness (QED) is 0.650. The summed E-state index contributed by atoms with van der Waals surface area (Å²) in [6.45, 7) is 12.7. The zero-order valence-electron chi connectivity index (χ0n) is 15.6. The first-order chi connectivity index (χ1) is 12.2. The molecule has 1 heterocycles. The number of rotatable bonds is 7. The Bertz CT molecular complexity index is 814. The summed E-state index contributed by atoms with van der Waals surface area (Å²) in [5.74, 6) is 0. The molecule has 0 spiro atoms. The van der Waals surface area contributed by atoms with Gasteiger partial charge in [0.2, 0.25) is 0 Å². The highest BCUT2D eigenvalue weighted by atomic mass is 15.5. The topological polar surface area (TPSA) is 37.2 Å². The maximum atomic E-state index is 4.67. The zero-order valence-corrected chi connectivity index (χ0v) is 15.6. The first-order valence-electron chi connectivity index (χ1n) is 9.17. The lowest BCUT2D eigenvalue weighted by atomic mass is 10.2. The molecule has 1 aromatic heterocycles. The van der Waals surface area contributed by atoms with Crippen molar-refractivity contribution < 1.29 is 0 Å². The van der Waals surface area contributed by atoms with E-state index in [-0.39, 0.29) is 0 Å². The van der Waals surface area contributed by atoms with Crippen LogP contribution in [0.1, 0.15) is 27.7 Å². The Kier molecular flexibility index (Phi) is 5.22. The second-order valence-corrected chi connectivity index (χ2v) is 6.02. The van der Waals surface area contributed by atoms with Crippen molar-refractivity contribution in [2.75, 3.05) is 36.0 Å². The van der Waals surface area contributed by atoms with Gasteiger partial charge < -0.3 is 9.80 Å². The fourth-order valence-corrected chi connectivity index (χ4v) is 3.19. The molecule has 132 valence electrons. The average molecular weight is 337 g/mol. The fraction of sp³-hybridized carbons (Fsp3) is 0.400. The van der Waals surface area contributed by atoms with Crippen molar-refractivity contribution in [2.24, 2.45) is 0 Å². The van der Waals surface area contributed by atoms with E-state index < -0.39 is 0 Å². The van der Waals surface area contributed by atoms with Gasteiger partial charge in [-0.3, -0.25) is 0 Å². The number of benzene rings is 2. The van der Waals surface area contributed by atoms with Crippen molar-refractivity contribution in [3.05, 3.63) is 42.5 Å². The molecule has 5 heteroatoms. The Morgan fingerprint density at radius 2 is 1.20 bits per heavy atom. The lowest BCUT2D eigenvalue weighted by molar-refractivity contribution is 0.765. The number of nitrogens with zero attached hydrogens (tertiary/aromatic N) is 5. The molecular formula is C20H27N5. The highest BCUT2D eigenvalue weighted by molar-refractivity contribution is 5.78. The van der Waals surface area contributed by atoms with E-state index in [4.69, 9.17) is 0 Å². The molecule has 0 aliphatic rings. The van der Waals surface area contributed by atoms with Gasteiger partial charge in [0.15, 0.2) is 0 Å². The molecule has 0 N–H and O–H groups in total. The second-order valence-electron chi connectivity index (χ2n) is 6.02. The third-order valence-electron chi connectivity index (χ3n) is 4.70. The summed E-state index contributed by atoms with van der Waals surface area (Å²) in [4.78, 5) is 6.37. The predicted octanol–water partition coefficient (Wildman–Crippen LogP) is 4.11. The van der Waals surface area contributed by atoms with Crippen LogP contribution in [0.2, 0.25) is 0 Å². The smallest absolute Gasteiger partial charge is 0.115 e. The molecule has 0 amide bonds. The lowest BCUT2D eigenvalue weighted by Gasteiger charge is -2.20. The van der Waals surface area contributed by atoms with Gasteiger partial charge in [0.05, 0.1) is 5.69 Å². The third kappa shape index (κ3) is 3.45. The molecule has 3 rings (SSSR count). The summed E-state index contributed by atoms with van der Waals surface area (Å²) in [5.41, 5.74) is 5.26. The van der Waals surface area contributed by atoms with Crippen LogP contribution >= 0.6 is 0 Å².